The van der Waals surface area contributed by atoms with Crippen LogP contribution in [0, 0.1) is 6.92 Å². The van der Waals surface area contributed by atoms with Gasteiger partial charge >= 0.3 is 0 Å². The Bertz CT molecular complexity index is 1070. The number of hydrogen-bond donors (Lipinski definition) is 0. The van der Waals surface area contributed by atoms with Gasteiger partial charge < -0.3 is 13.9 Å². The van der Waals surface area contributed by atoms with E-state index >= 15 is 0 Å². The van der Waals surface area contributed by atoms with E-state index in [9.17, 15) is 9.59 Å². The molecule has 148 valence electrons. The lowest BCUT2D eigenvalue weighted by Gasteiger charge is -2.25. The van der Waals surface area contributed by atoms with Crippen molar-refractivity contribution >= 4 is 11.7 Å². The highest BCUT2D eigenvalue weighted by atomic mass is 16.4. The van der Waals surface area contributed by atoms with Crippen molar-refractivity contribution in [3.63, 3.8) is 0 Å². The normalized spacial score (nSPS) is 20.8. The highest BCUT2D eigenvalue weighted by Crippen LogP contribution is 2.38. The number of benzene rings is 1. The van der Waals surface area contributed by atoms with E-state index in [1.54, 1.807) is 6.92 Å². The Morgan fingerprint density at radius 2 is 1.86 bits per heavy atom. The van der Waals surface area contributed by atoms with Crippen LogP contribution in [0.1, 0.15) is 64.7 Å². The molecule has 2 aromatic heterocycles. The summed E-state index contributed by atoms with van der Waals surface area (Å²) in [6.45, 7) is 3.12. The van der Waals surface area contributed by atoms with E-state index < -0.39 is 0 Å². The highest BCUT2D eigenvalue weighted by Gasteiger charge is 2.40. The fraction of sp³-hybridized carbons (Fsp3) is 0.364. The van der Waals surface area contributed by atoms with Gasteiger partial charge in [-0.2, -0.15) is 0 Å². The predicted molar refractivity (Wildman–Crippen MR) is 104 cm³/mol. The second-order valence-corrected chi connectivity index (χ2v) is 7.68. The molecular weight excluding hydrogens is 368 g/mol. The fourth-order valence-corrected chi connectivity index (χ4v) is 4.56. The van der Waals surface area contributed by atoms with Gasteiger partial charge in [0.05, 0.1) is 11.6 Å². The average Bonchev–Trinajstić information content (AvgIpc) is 3.51. The van der Waals surface area contributed by atoms with Crippen molar-refractivity contribution in [3.05, 3.63) is 71.2 Å². The number of likely N-dealkylation sites (tertiary alicyclic amines) is 1. The van der Waals surface area contributed by atoms with E-state index in [1.807, 2.05) is 51.9 Å². The lowest BCUT2D eigenvalue weighted by atomic mass is 10.0. The number of aromatic nitrogens is 3. The molecule has 7 nitrogen and oxygen atoms in total. The molecule has 1 amide bonds. The van der Waals surface area contributed by atoms with E-state index in [0.29, 0.717) is 42.5 Å². The van der Waals surface area contributed by atoms with Crippen LogP contribution < -0.4 is 0 Å². The van der Waals surface area contributed by atoms with Crippen LogP contribution in [0.2, 0.25) is 0 Å². The molecule has 29 heavy (non-hydrogen) atoms. The summed E-state index contributed by atoms with van der Waals surface area (Å²) in [6, 6.07) is 12.9. The summed E-state index contributed by atoms with van der Waals surface area (Å²) < 4.78 is 7.60. The largest absolute Gasteiger partial charge is 0.423 e. The van der Waals surface area contributed by atoms with Crippen LogP contribution in [0.15, 0.2) is 46.9 Å². The molecule has 1 saturated heterocycles. The third-order valence-electron chi connectivity index (χ3n) is 5.94. The van der Waals surface area contributed by atoms with E-state index in [2.05, 4.69) is 10.2 Å². The maximum Gasteiger partial charge on any atom is 0.238 e. The second kappa shape index (κ2) is 6.99. The first-order chi connectivity index (χ1) is 14.1. The number of carbonyl (C=O) groups excluding carboxylic acids is 2. The molecule has 1 unspecified atom stereocenters. The molecule has 5 rings (SSSR count). The van der Waals surface area contributed by atoms with Gasteiger partial charge in [-0.15, -0.1) is 10.2 Å². The van der Waals surface area contributed by atoms with Crippen LogP contribution in [-0.4, -0.2) is 37.9 Å². The van der Waals surface area contributed by atoms with Gasteiger partial charge in [0.15, 0.2) is 0 Å². The number of fused-ring (bicyclic) bond motifs is 1. The smallest absolute Gasteiger partial charge is 0.238 e. The summed E-state index contributed by atoms with van der Waals surface area (Å²) >= 11 is 0. The molecule has 4 heterocycles. The van der Waals surface area contributed by atoms with Crippen molar-refractivity contribution in [2.24, 2.45) is 0 Å². The molecule has 1 fully saturated rings. The second-order valence-electron chi connectivity index (χ2n) is 7.68. The molecule has 2 aliphatic heterocycles. The summed E-state index contributed by atoms with van der Waals surface area (Å²) in [6.07, 6.45) is 2.46. The van der Waals surface area contributed by atoms with Crippen molar-refractivity contribution in [3.8, 4) is 0 Å². The van der Waals surface area contributed by atoms with Gasteiger partial charge in [0.25, 0.3) is 0 Å². The predicted octanol–water partition coefficient (Wildman–Crippen LogP) is 3.26. The Morgan fingerprint density at radius 1 is 1.03 bits per heavy atom. The maximum absolute atomic E-state index is 13.4. The van der Waals surface area contributed by atoms with Crippen LogP contribution in [-0.2, 0) is 11.3 Å². The Hall–Kier alpha value is -3.22. The summed E-state index contributed by atoms with van der Waals surface area (Å²) in [5.41, 5.74) is 2.23. The van der Waals surface area contributed by atoms with E-state index in [1.165, 1.54) is 0 Å². The quantitative estimate of drug-likeness (QED) is 0.639. The van der Waals surface area contributed by atoms with Crippen LogP contribution in [0.4, 0.5) is 0 Å². The number of hydrogen-bond acceptors (Lipinski definition) is 5. The number of nitrogens with zero attached hydrogens (tertiary/aromatic N) is 4. The number of rotatable bonds is 4. The molecule has 2 atom stereocenters. The van der Waals surface area contributed by atoms with Gasteiger partial charge in [-0.05, 0) is 31.4 Å². The zero-order valence-electron chi connectivity index (χ0n) is 16.2. The molecule has 0 N–H and O–H groups in total. The molecule has 0 spiro atoms. The molecule has 0 aliphatic carbocycles. The van der Waals surface area contributed by atoms with E-state index in [-0.39, 0.29) is 23.7 Å². The average molecular weight is 390 g/mol. The maximum atomic E-state index is 13.4. The molecule has 3 aromatic rings. The van der Waals surface area contributed by atoms with E-state index in [0.717, 1.165) is 18.5 Å². The molecule has 2 aliphatic rings. The van der Waals surface area contributed by atoms with E-state index in [4.69, 9.17) is 4.42 Å². The Balaban J connectivity index is 1.40. The van der Waals surface area contributed by atoms with Crippen LogP contribution >= 0.6 is 0 Å². The number of carbonyl (C=O) groups is 2. The van der Waals surface area contributed by atoms with Crippen LogP contribution in [0.5, 0.6) is 0 Å². The van der Waals surface area contributed by atoms with Crippen molar-refractivity contribution in [1.82, 2.24) is 19.7 Å². The van der Waals surface area contributed by atoms with Gasteiger partial charge in [0.2, 0.25) is 23.5 Å². The topological polar surface area (TPSA) is 81.2 Å². The minimum absolute atomic E-state index is 0.00895. The van der Waals surface area contributed by atoms with Gasteiger partial charge in [-0.1, -0.05) is 30.3 Å². The fourth-order valence-electron chi connectivity index (χ4n) is 4.56. The molecule has 0 bridgehead atoms. The lowest BCUT2D eigenvalue weighted by molar-refractivity contribution is -0.134. The van der Waals surface area contributed by atoms with Crippen LogP contribution in [0.25, 0.3) is 0 Å². The SMILES string of the molecule is Cc1nnc([C@@H]2CCCN2C(=O)C2CCn3c(C(=O)c4ccccc4)ccc32)o1. The van der Waals surface area contributed by atoms with Gasteiger partial charge in [0.1, 0.15) is 6.04 Å². The zero-order chi connectivity index (χ0) is 20.0. The zero-order valence-corrected chi connectivity index (χ0v) is 16.2. The van der Waals surface area contributed by atoms with Crippen molar-refractivity contribution in [1.29, 1.82) is 0 Å². The lowest BCUT2D eigenvalue weighted by Crippen LogP contribution is -2.34. The molecule has 7 heteroatoms. The molecular formula is C22H22N4O3. The summed E-state index contributed by atoms with van der Waals surface area (Å²) in [4.78, 5) is 28.2. The summed E-state index contributed by atoms with van der Waals surface area (Å²) in [5, 5.41) is 8.05. The van der Waals surface area contributed by atoms with Crippen molar-refractivity contribution in [2.45, 2.75) is 44.7 Å². The van der Waals surface area contributed by atoms with Crippen molar-refractivity contribution in [2.75, 3.05) is 6.54 Å². The van der Waals surface area contributed by atoms with Gasteiger partial charge in [-0.25, -0.2) is 0 Å². The van der Waals surface area contributed by atoms with Crippen molar-refractivity contribution < 1.29 is 14.0 Å². The minimum Gasteiger partial charge on any atom is -0.423 e. The monoisotopic (exact) mass is 390 g/mol. The highest BCUT2D eigenvalue weighted by molar-refractivity contribution is 6.08. The third-order valence-corrected chi connectivity index (χ3v) is 5.94. The molecule has 1 aromatic carbocycles. The first-order valence-electron chi connectivity index (χ1n) is 10.0. The van der Waals surface area contributed by atoms with Crippen LogP contribution in [0.3, 0.4) is 0 Å². The van der Waals surface area contributed by atoms with Gasteiger partial charge in [-0.3, -0.25) is 9.59 Å². The number of ketones is 1. The molecule has 0 radical (unpaired) electrons. The number of aryl methyl sites for hydroxylation is 1. The minimum atomic E-state index is -0.239. The first kappa shape index (κ1) is 17.8. The standard InChI is InChI=1S/C22H22N4O3/c1-14-23-24-21(29-14)19-8-5-12-26(19)22(28)16-11-13-25-17(16)9-10-18(25)20(27)15-6-3-2-4-7-15/h2-4,6-7,9-10,16,19H,5,8,11-13H2,1H3/t16?,19-/m0/s1. The third kappa shape index (κ3) is 2.97. The molecule has 0 saturated carbocycles. The summed E-state index contributed by atoms with van der Waals surface area (Å²) in [7, 11) is 0. The summed E-state index contributed by atoms with van der Waals surface area (Å²) in [5.74, 6) is 0.862. The Morgan fingerprint density at radius 3 is 2.62 bits per heavy atom. The van der Waals surface area contributed by atoms with Gasteiger partial charge in [0, 0.05) is 31.3 Å². The Labute approximate surface area is 168 Å². The Kier molecular flexibility index (Phi) is 4.30. The first-order valence-corrected chi connectivity index (χ1v) is 10.0. The number of amides is 1.